The number of anilines is 1. The smallest absolute Gasteiger partial charge is 0.222 e. The Morgan fingerprint density at radius 2 is 2.15 bits per heavy atom. The first-order valence-corrected chi connectivity index (χ1v) is 7.92. The summed E-state index contributed by atoms with van der Waals surface area (Å²) >= 11 is 0. The minimum Gasteiger partial charge on any atom is -0.366 e. The van der Waals surface area contributed by atoms with Gasteiger partial charge >= 0.3 is 0 Å². The number of carbonyl (C=O) groups is 1. The van der Waals surface area contributed by atoms with Gasteiger partial charge in [0, 0.05) is 31.7 Å². The summed E-state index contributed by atoms with van der Waals surface area (Å²) in [4.78, 5) is 16.9. The lowest BCUT2D eigenvalue weighted by Crippen LogP contribution is -2.41. The van der Waals surface area contributed by atoms with E-state index in [4.69, 9.17) is 0 Å². The number of carbonyl (C=O) groups excluding carboxylic acids is 1. The molecule has 0 aliphatic carbocycles. The van der Waals surface area contributed by atoms with Gasteiger partial charge in [-0.05, 0) is 30.9 Å². The lowest BCUT2D eigenvalue weighted by Gasteiger charge is -2.27. The molecule has 0 radical (unpaired) electrons. The maximum Gasteiger partial charge on any atom is 0.222 e. The Balaban J connectivity index is 1.70. The molecule has 0 N–H and O–H groups in total. The van der Waals surface area contributed by atoms with Crippen molar-refractivity contribution in [1.29, 1.82) is 0 Å². The molecule has 1 saturated heterocycles. The monoisotopic (exact) mass is 272 g/mol. The molecule has 1 amide bonds. The van der Waals surface area contributed by atoms with Crippen molar-refractivity contribution in [3.8, 4) is 0 Å². The predicted molar refractivity (Wildman–Crippen MR) is 82.0 cm³/mol. The van der Waals surface area contributed by atoms with E-state index in [1.165, 1.54) is 11.3 Å². The van der Waals surface area contributed by atoms with Crippen LogP contribution >= 0.6 is 0 Å². The van der Waals surface area contributed by atoms with Crippen LogP contribution in [0.2, 0.25) is 0 Å². The third kappa shape index (κ3) is 2.54. The highest BCUT2D eigenvalue weighted by molar-refractivity contribution is 5.76. The van der Waals surface area contributed by atoms with Crippen LogP contribution in [0, 0.1) is 0 Å². The van der Waals surface area contributed by atoms with E-state index in [1.807, 2.05) is 0 Å². The van der Waals surface area contributed by atoms with Crippen LogP contribution in [0.4, 0.5) is 5.69 Å². The van der Waals surface area contributed by atoms with Gasteiger partial charge in [0.1, 0.15) is 0 Å². The zero-order chi connectivity index (χ0) is 13.9. The van der Waals surface area contributed by atoms with E-state index in [0.717, 1.165) is 51.7 Å². The van der Waals surface area contributed by atoms with Crippen molar-refractivity contribution in [2.45, 2.75) is 45.1 Å². The molecule has 2 aliphatic heterocycles. The molecule has 3 nitrogen and oxygen atoms in total. The Bertz CT molecular complexity index is 486. The molecule has 108 valence electrons. The Morgan fingerprint density at radius 3 is 3.00 bits per heavy atom. The SMILES string of the molecule is CCCCC(=O)N1CCCN2c3ccccc3CC2C1. The van der Waals surface area contributed by atoms with Gasteiger partial charge in [-0.1, -0.05) is 31.5 Å². The fourth-order valence-corrected chi connectivity index (χ4v) is 3.48. The molecule has 0 bridgehead atoms. The summed E-state index contributed by atoms with van der Waals surface area (Å²) in [6.45, 7) is 5.05. The first kappa shape index (κ1) is 13.5. The zero-order valence-corrected chi connectivity index (χ0v) is 12.3. The second kappa shape index (κ2) is 5.86. The lowest BCUT2D eigenvalue weighted by atomic mass is 10.1. The molecule has 2 aliphatic rings. The van der Waals surface area contributed by atoms with Crippen LogP contribution in [0.1, 0.15) is 38.2 Å². The number of nitrogens with zero attached hydrogens (tertiary/aromatic N) is 2. The van der Waals surface area contributed by atoms with Crippen LogP contribution in [0.15, 0.2) is 24.3 Å². The van der Waals surface area contributed by atoms with Crippen molar-refractivity contribution in [1.82, 2.24) is 4.90 Å². The van der Waals surface area contributed by atoms with Crippen molar-refractivity contribution in [2.24, 2.45) is 0 Å². The summed E-state index contributed by atoms with van der Waals surface area (Å²) in [7, 11) is 0. The normalized spacial score (nSPS) is 21.4. The summed E-state index contributed by atoms with van der Waals surface area (Å²) in [6, 6.07) is 9.18. The molecular formula is C17H24N2O. The summed E-state index contributed by atoms with van der Waals surface area (Å²) in [6.07, 6.45) is 5.01. The molecular weight excluding hydrogens is 248 g/mol. The minimum atomic E-state index is 0.352. The molecule has 1 aromatic rings. The summed E-state index contributed by atoms with van der Waals surface area (Å²) in [5, 5.41) is 0. The maximum absolute atomic E-state index is 12.3. The van der Waals surface area contributed by atoms with E-state index in [2.05, 4.69) is 41.0 Å². The molecule has 1 atom stereocenters. The first-order chi connectivity index (χ1) is 9.79. The Kier molecular flexibility index (Phi) is 3.95. The molecule has 1 fully saturated rings. The lowest BCUT2D eigenvalue weighted by molar-refractivity contribution is -0.131. The minimum absolute atomic E-state index is 0.352. The number of hydrogen-bond acceptors (Lipinski definition) is 2. The highest BCUT2D eigenvalue weighted by Gasteiger charge is 2.33. The second-order valence-electron chi connectivity index (χ2n) is 5.98. The number of hydrogen-bond donors (Lipinski definition) is 0. The van der Waals surface area contributed by atoms with Crippen molar-refractivity contribution in [2.75, 3.05) is 24.5 Å². The fourth-order valence-electron chi connectivity index (χ4n) is 3.48. The van der Waals surface area contributed by atoms with E-state index < -0.39 is 0 Å². The van der Waals surface area contributed by atoms with Gasteiger partial charge in [-0.25, -0.2) is 0 Å². The number of amides is 1. The summed E-state index contributed by atoms with van der Waals surface area (Å²) in [5.74, 6) is 0.352. The molecule has 2 heterocycles. The van der Waals surface area contributed by atoms with Crippen molar-refractivity contribution >= 4 is 11.6 Å². The molecule has 0 aromatic heterocycles. The van der Waals surface area contributed by atoms with Crippen molar-refractivity contribution in [3.05, 3.63) is 29.8 Å². The quantitative estimate of drug-likeness (QED) is 0.844. The molecule has 3 rings (SSSR count). The average molecular weight is 272 g/mol. The third-order valence-electron chi connectivity index (χ3n) is 4.55. The van der Waals surface area contributed by atoms with Gasteiger partial charge in [0.05, 0.1) is 6.04 Å². The number of benzene rings is 1. The van der Waals surface area contributed by atoms with Crippen LogP contribution in [-0.4, -0.2) is 36.5 Å². The summed E-state index contributed by atoms with van der Waals surface area (Å²) in [5.41, 5.74) is 2.83. The van der Waals surface area contributed by atoms with Crippen LogP contribution in [0.25, 0.3) is 0 Å². The number of rotatable bonds is 3. The number of fused-ring (bicyclic) bond motifs is 3. The highest BCUT2D eigenvalue weighted by atomic mass is 16.2. The molecule has 0 spiro atoms. The summed E-state index contributed by atoms with van der Waals surface area (Å²) < 4.78 is 0. The largest absolute Gasteiger partial charge is 0.366 e. The van der Waals surface area contributed by atoms with Gasteiger partial charge in [-0.3, -0.25) is 4.79 Å². The fraction of sp³-hybridized carbons (Fsp3) is 0.588. The van der Waals surface area contributed by atoms with E-state index in [9.17, 15) is 4.79 Å². The predicted octanol–water partition coefficient (Wildman–Crippen LogP) is 2.84. The van der Waals surface area contributed by atoms with Crippen LogP contribution in [0.5, 0.6) is 0 Å². The number of unbranched alkanes of at least 4 members (excludes halogenated alkanes) is 1. The van der Waals surface area contributed by atoms with Gasteiger partial charge in [-0.15, -0.1) is 0 Å². The highest BCUT2D eigenvalue weighted by Crippen LogP contribution is 2.33. The van der Waals surface area contributed by atoms with E-state index in [0.29, 0.717) is 11.9 Å². The van der Waals surface area contributed by atoms with E-state index >= 15 is 0 Å². The Hall–Kier alpha value is -1.51. The van der Waals surface area contributed by atoms with Crippen LogP contribution in [-0.2, 0) is 11.2 Å². The zero-order valence-electron chi connectivity index (χ0n) is 12.3. The van der Waals surface area contributed by atoms with Crippen LogP contribution < -0.4 is 4.90 Å². The van der Waals surface area contributed by atoms with Gasteiger partial charge in [0.15, 0.2) is 0 Å². The Labute approximate surface area is 121 Å². The number of para-hydroxylation sites is 1. The van der Waals surface area contributed by atoms with Gasteiger partial charge in [0.25, 0.3) is 0 Å². The van der Waals surface area contributed by atoms with Gasteiger partial charge in [-0.2, -0.15) is 0 Å². The average Bonchev–Trinajstić information content (AvgIpc) is 2.67. The van der Waals surface area contributed by atoms with Crippen molar-refractivity contribution < 1.29 is 4.79 Å². The molecule has 1 unspecified atom stereocenters. The molecule has 0 saturated carbocycles. The van der Waals surface area contributed by atoms with E-state index in [-0.39, 0.29) is 0 Å². The maximum atomic E-state index is 12.3. The van der Waals surface area contributed by atoms with Crippen molar-refractivity contribution in [3.63, 3.8) is 0 Å². The molecule has 1 aromatic carbocycles. The topological polar surface area (TPSA) is 23.6 Å². The third-order valence-corrected chi connectivity index (χ3v) is 4.55. The second-order valence-corrected chi connectivity index (χ2v) is 5.98. The van der Waals surface area contributed by atoms with Gasteiger partial charge in [0.2, 0.25) is 5.91 Å². The van der Waals surface area contributed by atoms with Gasteiger partial charge < -0.3 is 9.80 Å². The first-order valence-electron chi connectivity index (χ1n) is 7.92. The standard InChI is InChI=1S/C17H24N2O/c1-2-3-9-17(20)18-10-6-11-19-15(13-18)12-14-7-4-5-8-16(14)19/h4-5,7-8,15H,2-3,6,9-13H2,1H3. The van der Waals surface area contributed by atoms with E-state index in [1.54, 1.807) is 0 Å². The molecule has 20 heavy (non-hydrogen) atoms. The van der Waals surface area contributed by atoms with Crippen LogP contribution in [0.3, 0.4) is 0 Å². The Morgan fingerprint density at radius 1 is 1.30 bits per heavy atom. The molecule has 3 heteroatoms.